The first kappa shape index (κ1) is 13.9. The number of hydrogen-bond donors (Lipinski definition) is 1. The van der Waals surface area contributed by atoms with Crippen molar-refractivity contribution in [1.82, 2.24) is 14.9 Å². The van der Waals surface area contributed by atoms with E-state index in [1.165, 1.54) is 0 Å². The topological polar surface area (TPSA) is 72.1 Å². The summed E-state index contributed by atoms with van der Waals surface area (Å²) in [6.45, 7) is 5.94. The molecule has 0 radical (unpaired) electrons. The smallest absolute Gasteiger partial charge is 0.240 e. The SMILES string of the molecule is CC(C)[C@H](N)C(=O)N(C1CC1)[C@@H](C)c1cnccn1. The van der Waals surface area contributed by atoms with Crippen LogP contribution in [0.1, 0.15) is 45.3 Å². The Balaban J connectivity index is 2.19. The fourth-order valence-corrected chi connectivity index (χ4v) is 2.17. The molecule has 0 spiro atoms. The second-order valence-corrected chi connectivity index (χ2v) is 5.55. The van der Waals surface area contributed by atoms with Gasteiger partial charge in [0, 0.05) is 18.4 Å². The van der Waals surface area contributed by atoms with E-state index in [1.54, 1.807) is 18.6 Å². The Labute approximate surface area is 114 Å². The highest BCUT2D eigenvalue weighted by molar-refractivity contribution is 5.82. The molecule has 2 rings (SSSR count). The number of carbonyl (C=O) groups is 1. The molecule has 0 bridgehead atoms. The summed E-state index contributed by atoms with van der Waals surface area (Å²) < 4.78 is 0. The van der Waals surface area contributed by atoms with Crippen LogP contribution in [0.4, 0.5) is 0 Å². The maximum absolute atomic E-state index is 12.5. The van der Waals surface area contributed by atoms with Crippen molar-refractivity contribution in [2.45, 2.75) is 51.7 Å². The van der Waals surface area contributed by atoms with E-state index in [-0.39, 0.29) is 17.9 Å². The lowest BCUT2D eigenvalue weighted by Gasteiger charge is -2.32. The van der Waals surface area contributed by atoms with Gasteiger partial charge in [-0.05, 0) is 25.7 Å². The maximum Gasteiger partial charge on any atom is 0.240 e. The van der Waals surface area contributed by atoms with Crippen LogP contribution in [0.3, 0.4) is 0 Å². The van der Waals surface area contributed by atoms with Crippen molar-refractivity contribution in [3.05, 3.63) is 24.3 Å². The third kappa shape index (κ3) is 3.10. The van der Waals surface area contributed by atoms with Gasteiger partial charge in [0.25, 0.3) is 0 Å². The molecule has 1 heterocycles. The summed E-state index contributed by atoms with van der Waals surface area (Å²) in [4.78, 5) is 22.8. The highest BCUT2D eigenvalue weighted by Gasteiger charge is 2.39. The molecule has 1 saturated carbocycles. The summed E-state index contributed by atoms with van der Waals surface area (Å²) >= 11 is 0. The molecule has 0 aliphatic heterocycles. The van der Waals surface area contributed by atoms with Crippen LogP contribution in [-0.2, 0) is 4.79 Å². The molecular weight excluding hydrogens is 240 g/mol. The van der Waals surface area contributed by atoms with Gasteiger partial charge in [-0.1, -0.05) is 13.8 Å². The summed E-state index contributed by atoms with van der Waals surface area (Å²) in [6.07, 6.45) is 7.12. The zero-order valence-corrected chi connectivity index (χ0v) is 11.8. The minimum Gasteiger partial charge on any atom is -0.330 e. The van der Waals surface area contributed by atoms with Crippen LogP contribution < -0.4 is 5.73 Å². The van der Waals surface area contributed by atoms with Gasteiger partial charge in [0.15, 0.2) is 0 Å². The van der Waals surface area contributed by atoms with Crippen molar-refractivity contribution in [2.75, 3.05) is 0 Å². The van der Waals surface area contributed by atoms with Crippen LogP contribution in [0, 0.1) is 5.92 Å². The average molecular weight is 262 g/mol. The number of aromatic nitrogens is 2. The van der Waals surface area contributed by atoms with Crippen LogP contribution in [0.2, 0.25) is 0 Å². The van der Waals surface area contributed by atoms with E-state index in [0.717, 1.165) is 18.5 Å². The quantitative estimate of drug-likeness (QED) is 0.873. The molecule has 1 aliphatic carbocycles. The van der Waals surface area contributed by atoms with Crippen molar-refractivity contribution in [3.63, 3.8) is 0 Å². The van der Waals surface area contributed by atoms with E-state index < -0.39 is 6.04 Å². The fourth-order valence-electron chi connectivity index (χ4n) is 2.17. The molecule has 0 aromatic carbocycles. The second kappa shape index (κ2) is 5.65. The van der Waals surface area contributed by atoms with Crippen molar-refractivity contribution in [3.8, 4) is 0 Å². The van der Waals surface area contributed by atoms with Gasteiger partial charge < -0.3 is 10.6 Å². The van der Waals surface area contributed by atoms with Crippen molar-refractivity contribution in [1.29, 1.82) is 0 Å². The Morgan fingerprint density at radius 3 is 2.53 bits per heavy atom. The predicted octanol–water partition coefficient (Wildman–Crippen LogP) is 1.51. The largest absolute Gasteiger partial charge is 0.330 e. The molecule has 1 aliphatic rings. The molecule has 5 nitrogen and oxygen atoms in total. The third-order valence-corrected chi connectivity index (χ3v) is 3.63. The number of nitrogens with zero attached hydrogens (tertiary/aromatic N) is 3. The van der Waals surface area contributed by atoms with Crippen molar-refractivity contribution >= 4 is 5.91 Å². The minimum absolute atomic E-state index is 0.0238. The Morgan fingerprint density at radius 1 is 1.37 bits per heavy atom. The normalized spacial score (nSPS) is 18.2. The lowest BCUT2D eigenvalue weighted by Crippen LogP contribution is -2.48. The standard InChI is InChI=1S/C14H22N4O/c1-9(2)13(15)14(19)18(11-4-5-11)10(3)12-8-16-6-7-17-12/h6-11,13H,4-5,15H2,1-3H3/t10-,13-/m0/s1. The van der Waals surface area contributed by atoms with Crippen LogP contribution in [0.5, 0.6) is 0 Å². The van der Waals surface area contributed by atoms with Gasteiger partial charge in [0.05, 0.1) is 24.0 Å². The Hall–Kier alpha value is -1.49. The number of amides is 1. The third-order valence-electron chi connectivity index (χ3n) is 3.63. The molecule has 19 heavy (non-hydrogen) atoms. The summed E-state index contributed by atoms with van der Waals surface area (Å²) in [5.74, 6) is 0.165. The van der Waals surface area contributed by atoms with Gasteiger partial charge in [0.2, 0.25) is 5.91 Å². The molecule has 104 valence electrons. The van der Waals surface area contributed by atoms with Crippen LogP contribution >= 0.6 is 0 Å². The minimum atomic E-state index is -0.445. The molecule has 1 amide bonds. The fraction of sp³-hybridized carbons (Fsp3) is 0.643. The number of hydrogen-bond acceptors (Lipinski definition) is 4. The summed E-state index contributed by atoms with van der Waals surface area (Å²) in [5, 5.41) is 0. The lowest BCUT2D eigenvalue weighted by molar-refractivity contribution is -0.136. The molecule has 0 saturated heterocycles. The Bertz CT molecular complexity index is 430. The van der Waals surface area contributed by atoms with E-state index in [0.29, 0.717) is 6.04 Å². The number of nitrogens with two attached hydrogens (primary N) is 1. The number of carbonyl (C=O) groups excluding carboxylic acids is 1. The zero-order valence-electron chi connectivity index (χ0n) is 11.8. The molecule has 1 fully saturated rings. The van der Waals surface area contributed by atoms with E-state index in [1.807, 2.05) is 25.7 Å². The molecule has 2 atom stereocenters. The van der Waals surface area contributed by atoms with Gasteiger partial charge >= 0.3 is 0 Å². The number of rotatable bonds is 5. The van der Waals surface area contributed by atoms with E-state index in [9.17, 15) is 4.79 Å². The van der Waals surface area contributed by atoms with Crippen LogP contribution in [-0.4, -0.2) is 32.9 Å². The highest BCUT2D eigenvalue weighted by atomic mass is 16.2. The monoisotopic (exact) mass is 262 g/mol. The van der Waals surface area contributed by atoms with Gasteiger partial charge in [0.1, 0.15) is 0 Å². The van der Waals surface area contributed by atoms with Crippen molar-refractivity contribution < 1.29 is 4.79 Å². The first-order valence-electron chi connectivity index (χ1n) is 6.86. The molecular formula is C14H22N4O. The van der Waals surface area contributed by atoms with Gasteiger partial charge in [-0.2, -0.15) is 0 Å². The average Bonchev–Trinajstić information content (AvgIpc) is 3.23. The molecule has 2 N–H and O–H groups in total. The maximum atomic E-state index is 12.5. The van der Waals surface area contributed by atoms with Crippen LogP contribution in [0.15, 0.2) is 18.6 Å². The summed E-state index contributed by atoms with van der Waals surface area (Å²) in [6, 6.07) is -0.201. The highest BCUT2D eigenvalue weighted by Crippen LogP contribution is 2.34. The van der Waals surface area contributed by atoms with Gasteiger partial charge in [-0.3, -0.25) is 14.8 Å². The lowest BCUT2D eigenvalue weighted by atomic mass is 10.0. The molecule has 0 unspecified atom stereocenters. The predicted molar refractivity (Wildman–Crippen MR) is 73.1 cm³/mol. The molecule has 5 heteroatoms. The van der Waals surface area contributed by atoms with Gasteiger partial charge in [-0.25, -0.2) is 0 Å². The molecule has 1 aromatic heterocycles. The van der Waals surface area contributed by atoms with Gasteiger partial charge in [-0.15, -0.1) is 0 Å². The first-order valence-corrected chi connectivity index (χ1v) is 6.86. The first-order chi connectivity index (χ1) is 9.02. The summed E-state index contributed by atoms with van der Waals surface area (Å²) in [7, 11) is 0. The second-order valence-electron chi connectivity index (χ2n) is 5.55. The Kier molecular flexibility index (Phi) is 4.14. The molecule has 1 aromatic rings. The van der Waals surface area contributed by atoms with Crippen molar-refractivity contribution in [2.24, 2.45) is 11.7 Å². The van der Waals surface area contributed by atoms with E-state index >= 15 is 0 Å². The zero-order chi connectivity index (χ0) is 14.0. The Morgan fingerprint density at radius 2 is 2.05 bits per heavy atom. The summed E-state index contributed by atoms with van der Waals surface area (Å²) in [5.41, 5.74) is 6.83. The van der Waals surface area contributed by atoms with E-state index in [2.05, 4.69) is 9.97 Å². The van der Waals surface area contributed by atoms with Crippen LogP contribution in [0.25, 0.3) is 0 Å². The van der Waals surface area contributed by atoms with E-state index in [4.69, 9.17) is 5.73 Å².